The van der Waals surface area contributed by atoms with Gasteiger partial charge in [-0.3, -0.25) is 4.79 Å². The molecule has 0 radical (unpaired) electrons. The van der Waals surface area contributed by atoms with Crippen molar-refractivity contribution >= 4 is 61.5 Å². The molecule has 0 saturated carbocycles. The molecule has 26 heavy (non-hydrogen) atoms. The molecule has 4 rings (SSSR count). The lowest BCUT2D eigenvalue weighted by Crippen LogP contribution is -2.13. The van der Waals surface area contributed by atoms with Crippen LogP contribution in [0.3, 0.4) is 0 Å². The molecule has 0 aliphatic rings. The lowest BCUT2D eigenvalue weighted by Gasteiger charge is -2.00. The van der Waals surface area contributed by atoms with Crippen molar-refractivity contribution in [3.8, 4) is 11.3 Å². The van der Waals surface area contributed by atoms with Gasteiger partial charge in [0.25, 0.3) is 0 Å². The van der Waals surface area contributed by atoms with E-state index in [0.29, 0.717) is 14.6 Å². The van der Waals surface area contributed by atoms with Gasteiger partial charge in [-0.15, -0.1) is 21.5 Å². The highest BCUT2D eigenvalue weighted by Crippen LogP contribution is 2.34. The highest BCUT2D eigenvalue weighted by atomic mass is 32.2. The van der Waals surface area contributed by atoms with Gasteiger partial charge in [-0.25, -0.2) is 4.98 Å². The fraction of sp³-hybridized carbons (Fsp3) is 0.125. The minimum atomic E-state index is -0.139. The Kier molecular flexibility index (Phi) is 4.62. The van der Waals surface area contributed by atoms with Gasteiger partial charge in [-0.2, -0.15) is 0 Å². The van der Waals surface area contributed by atoms with E-state index >= 15 is 0 Å². The van der Waals surface area contributed by atoms with Crippen LogP contribution in [0.25, 0.3) is 22.2 Å². The van der Waals surface area contributed by atoms with E-state index in [1.165, 1.54) is 34.4 Å². The summed E-state index contributed by atoms with van der Waals surface area (Å²) in [5.41, 5.74) is 9.58. The molecule has 0 bridgehead atoms. The molecular formula is C16H14N6OS3. The predicted octanol–water partition coefficient (Wildman–Crippen LogP) is 3.76. The first-order chi connectivity index (χ1) is 12.6. The summed E-state index contributed by atoms with van der Waals surface area (Å²) < 4.78 is 0.673. The lowest BCUT2D eigenvalue weighted by atomic mass is 10.1. The third-order valence-electron chi connectivity index (χ3n) is 3.65. The van der Waals surface area contributed by atoms with E-state index in [2.05, 4.69) is 31.5 Å². The normalized spacial score (nSPS) is 11.1. The van der Waals surface area contributed by atoms with Crippen LogP contribution in [0.4, 0.5) is 10.3 Å². The highest BCUT2D eigenvalue weighted by Gasteiger charge is 2.15. The Labute approximate surface area is 161 Å². The molecule has 1 aromatic carbocycles. The summed E-state index contributed by atoms with van der Waals surface area (Å²) in [4.78, 5) is 20.1. The maximum absolute atomic E-state index is 12.1. The maximum Gasteiger partial charge on any atom is 0.236 e. The van der Waals surface area contributed by atoms with Crippen LogP contribution in [0.1, 0.15) is 5.69 Å². The van der Waals surface area contributed by atoms with E-state index < -0.39 is 0 Å². The Hall–Kier alpha value is -2.43. The summed E-state index contributed by atoms with van der Waals surface area (Å²) in [5, 5.41) is 14.5. The monoisotopic (exact) mass is 402 g/mol. The van der Waals surface area contributed by atoms with Gasteiger partial charge in [0.1, 0.15) is 0 Å². The van der Waals surface area contributed by atoms with Crippen molar-refractivity contribution in [3.05, 3.63) is 35.3 Å². The average molecular weight is 403 g/mol. The Morgan fingerprint density at radius 1 is 1.35 bits per heavy atom. The number of aromatic amines is 1. The van der Waals surface area contributed by atoms with Crippen LogP contribution in [0.15, 0.2) is 34.0 Å². The largest absolute Gasteiger partial charge is 0.374 e. The number of nitrogens with one attached hydrogen (secondary N) is 2. The molecule has 7 nitrogen and oxygen atoms in total. The lowest BCUT2D eigenvalue weighted by molar-refractivity contribution is -0.113. The SMILES string of the molecule is Cc1[nH]c2ccccc2c1-c1csc(NC(=O)CSc2nnc(N)s2)n1. The molecule has 4 N–H and O–H groups in total. The number of thioether (sulfide) groups is 1. The van der Waals surface area contributed by atoms with Crippen molar-refractivity contribution in [2.45, 2.75) is 11.3 Å². The van der Waals surface area contributed by atoms with E-state index in [1.807, 2.05) is 30.5 Å². The number of para-hydroxylation sites is 1. The van der Waals surface area contributed by atoms with Gasteiger partial charge in [0, 0.05) is 27.5 Å². The first-order valence-electron chi connectivity index (χ1n) is 7.65. The van der Waals surface area contributed by atoms with Crippen molar-refractivity contribution in [2.75, 3.05) is 16.8 Å². The molecule has 3 heterocycles. The zero-order valence-corrected chi connectivity index (χ0v) is 16.1. The first-order valence-corrected chi connectivity index (χ1v) is 10.3. The van der Waals surface area contributed by atoms with Crippen LogP contribution >= 0.6 is 34.4 Å². The number of carbonyl (C=O) groups excluding carboxylic acids is 1. The number of fused-ring (bicyclic) bond motifs is 1. The fourth-order valence-corrected chi connectivity index (χ4v) is 4.77. The van der Waals surface area contributed by atoms with Crippen molar-refractivity contribution < 1.29 is 4.79 Å². The van der Waals surface area contributed by atoms with E-state index in [4.69, 9.17) is 5.73 Å². The molecule has 0 spiro atoms. The number of benzene rings is 1. The van der Waals surface area contributed by atoms with Crippen molar-refractivity contribution in [3.63, 3.8) is 0 Å². The summed E-state index contributed by atoms with van der Waals surface area (Å²) in [6.45, 7) is 2.03. The molecule has 0 atom stereocenters. The van der Waals surface area contributed by atoms with Gasteiger partial charge in [0.05, 0.1) is 11.4 Å². The molecule has 0 unspecified atom stereocenters. The molecule has 10 heteroatoms. The van der Waals surface area contributed by atoms with Crippen LogP contribution in [0.2, 0.25) is 0 Å². The summed E-state index contributed by atoms with van der Waals surface area (Å²) in [7, 11) is 0. The smallest absolute Gasteiger partial charge is 0.236 e. The second-order valence-electron chi connectivity index (χ2n) is 5.45. The van der Waals surface area contributed by atoms with E-state index in [9.17, 15) is 4.79 Å². The van der Waals surface area contributed by atoms with Gasteiger partial charge >= 0.3 is 0 Å². The third kappa shape index (κ3) is 3.43. The van der Waals surface area contributed by atoms with Crippen LogP contribution in [0, 0.1) is 6.92 Å². The zero-order chi connectivity index (χ0) is 18.1. The predicted molar refractivity (Wildman–Crippen MR) is 108 cm³/mol. The number of amides is 1. The number of nitrogens with two attached hydrogens (primary N) is 1. The summed E-state index contributed by atoms with van der Waals surface area (Å²) in [5.74, 6) is 0.0932. The van der Waals surface area contributed by atoms with Gasteiger partial charge in [-0.05, 0) is 13.0 Å². The summed E-state index contributed by atoms with van der Waals surface area (Å²) in [6.07, 6.45) is 0. The fourth-order valence-electron chi connectivity index (χ4n) is 2.61. The van der Waals surface area contributed by atoms with Crippen LogP contribution in [-0.4, -0.2) is 31.8 Å². The molecule has 3 aromatic heterocycles. The quantitative estimate of drug-likeness (QED) is 0.439. The maximum atomic E-state index is 12.1. The number of nitrogen functional groups attached to an aromatic ring is 1. The Morgan fingerprint density at radius 2 is 2.19 bits per heavy atom. The van der Waals surface area contributed by atoms with Crippen LogP contribution in [-0.2, 0) is 4.79 Å². The number of rotatable bonds is 5. The van der Waals surface area contributed by atoms with Crippen molar-refractivity contribution in [2.24, 2.45) is 0 Å². The molecule has 4 aromatic rings. The Bertz CT molecular complexity index is 1080. The number of hydrogen-bond acceptors (Lipinski definition) is 8. The topological polar surface area (TPSA) is 110 Å². The van der Waals surface area contributed by atoms with Crippen molar-refractivity contribution in [1.82, 2.24) is 20.2 Å². The number of hydrogen-bond donors (Lipinski definition) is 3. The second-order valence-corrected chi connectivity index (χ2v) is 8.54. The number of carbonyl (C=O) groups is 1. The van der Waals surface area contributed by atoms with E-state index in [1.54, 1.807) is 0 Å². The molecule has 1 amide bonds. The van der Waals surface area contributed by atoms with Gasteiger partial charge < -0.3 is 16.0 Å². The minimum absolute atomic E-state index is 0.139. The van der Waals surface area contributed by atoms with Crippen molar-refractivity contribution in [1.29, 1.82) is 0 Å². The van der Waals surface area contributed by atoms with Crippen LogP contribution in [0.5, 0.6) is 0 Å². The second kappa shape index (κ2) is 7.06. The standard InChI is InChI=1S/C16H14N6OS3/c1-8-13(9-4-2-3-5-10(9)18-8)11-6-24-15(19-11)20-12(23)7-25-16-22-21-14(17)26-16/h2-6,18H,7H2,1H3,(H2,17,21)(H,19,20,23). The van der Waals surface area contributed by atoms with Gasteiger partial charge in [0.2, 0.25) is 11.0 Å². The Morgan fingerprint density at radius 3 is 3.00 bits per heavy atom. The molecule has 0 fully saturated rings. The number of thiazole rings is 1. The highest BCUT2D eigenvalue weighted by molar-refractivity contribution is 8.01. The third-order valence-corrected chi connectivity index (χ3v) is 6.29. The van der Waals surface area contributed by atoms with E-state index in [0.717, 1.165) is 27.9 Å². The Balaban J connectivity index is 1.47. The molecule has 132 valence electrons. The molecule has 0 saturated heterocycles. The number of aromatic nitrogens is 4. The summed E-state index contributed by atoms with van der Waals surface area (Å²) in [6, 6.07) is 8.11. The summed E-state index contributed by atoms with van der Waals surface area (Å²) >= 11 is 3.97. The molecule has 0 aliphatic carbocycles. The van der Waals surface area contributed by atoms with Gasteiger partial charge in [0.15, 0.2) is 9.47 Å². The van der Waals surface area contributed by atoms with Gasteiger partial charge in [-0.1, -0.05) is 41.3 Å². The molecule has 0 aliphatic heterocycles. The minimum Gasteiger partial charge on any atom is -0.374 e. The number of aryl methyl sites for hydroxylation is 1. The average Bonchev–Trinajstić information content (AvgIpc) is 3.31. The zero-order valence-electron chi connectivity index (χ0n) is 13.6. The van der Waals surface area contributed by atoms with E-state index in [-0.39, 0.29) is 11.7 Å². The van der Waals surface area contributed by atoms with Crippen LogP contribution < -0.4 is 11.1 Å². The number of nitrogens with zero attached hydrogens (tertiary/aromatic N) is 3. The number of anilines is 2. The first kappa shape index (κ1) is 17.0. The number of H-pyrrole nitrogens is 1. The molecular weight excluding hydrogens is 388 g/mol.